The number of carboxylic acids is 1. The fourth-order valence-electron chi connectivity index (χ4n) is 0.984. The van der Waals surface area contributed by atoms with Crippen LogP contribution in [0.25, 0.3) is 0 Å². The highest BCUT2D eigenvalue weighted by Gasteiger charge is 2.14. The topological polar surface area (TPSA) is 57.5 Å². The number of hydrogen-bond donors (Lipinski definition) is 2. The summed E-state index contributed by atoms with van der Waals surface area (Å²) in [5.41, 5.74) is 0.953. The molecule has 12 heavy (non-hydrogen) atoms. The summed E-state index contributed by atoms with van der Waals surface area (Å²) in [5.74, 6) is -0.977. The van der Waals surface area contributed by atoms with Gasteiger partial charge in [0.2, 0.25) is 0 Å². The molecular weight excluding hydrogens is 176 g/mol. The molecule has 0 aliphatic carbocycles. The van der Waals surface area contributed by atoms with Crippen LogP contribution >= 0.6 is 11.3 Å². The molecule has 66 valence electrons. The largest absolute Gasteiger partial charge is 0.481 e. The van der Waals surface area contributed by atoms with Gasteiger partial charge in [-0.3, -0.25) is 4.79 Å². The molecule has 0 aliphatic rings. The maximum absolute atomic E-state index is 10.3. The van der Waals surface area contributed by atoms with Crippen LogP contribution in [0.1, 0.15) is 23.0 Å². The van der Waals surface area contributed by atoms with Gasteiger partial charge in [0.1, 0.15) is 0 Å². The summed E-state index contributed by atoms with van der Waals surface area (Å²) in [4.78, 5) is 11.0. The fourth-order valence-corrected chi connectivity index (χ4v) is 1.90. The lowest BCUT2D eigenvalue weighted by atomic mass is 10.1. The molecule has 0 saturated heterocycles. The van der Waals surface area contributed by atoms with Crippen molar-refractivity contribution in [2.45, 2.75) is 19.4 Å². The Balaban J connectivity index is 2.71. The minimum Gasteiger partial charge on any atom is -0.481 e. The van der Waals surface area contributed by atoms with Crippen molar-refractivity contribution < 1.29 is 15.0 Å². The van der Waals surface area contributed by atoms with Gasteiger partial charge in [-0.05, 0) is 23.9 Å². The molecular formula is C8H10O3S. The van der Waals surface area contributed by atoms with Crippen molar-refractivity contribution in [3.63, 3.8) is 0 Å². The van der Waals surface area contributed by atoms with Crippen LogP contribution in [0.3, 0.4) is 0 Å². The van der Waals surface area contributed by atoms with E-state index >= 15 is 0 Å². The van der Waals surface area contributed by atoms with Gasteiger partial charge in [-0.1, -0.05) is 0 Å². The smallest absolute Gasteiger partial charge is 0.306 e. The molecule has 1 rings (SSSR count). The molecule has 0 bridgehead atoms. The predicted octanol–water partition coefficient (Wildman–Crippen LogP) is 1.56. The second kappa shape index (κ2) is 3.69. The minimum absolute atomic E-state index is 0.221. The molecule has 0 saturated carbocycles. The molecule has 1 aromatic rings. The molecule has 1 aromatic heterocycles. The second-order valence-electron chi connectivity index (χ2n) is 2.58. The third-order valence-corrected chi connectivity index (χ3v) is 2.69. The van der Waals surface area contributed by atoms with Gasteiger partial charge in [-0.2, -0.15) is 0 Å². The van der Waals surface area contributed by atoms with E-state index in [1.54, 1.807) is 0 Å². The highest BCUT2D eigenvalue weighted by molar-refractivity contribution is 7.10. The Morgan fingerprint density at radius 1 is 1.75 bits per heavy atom. The molecule has 0 spiro atoms. The van der Waals surface area contributed by atoms with E-state index in [0.717, 1.165) is 10.4 Å². The number of hydrogen-bond acceptors (Lipinski definition) is 3. The first-order chi connectivity index (χ1) is 5.61. The number of aliphatic hydroxyl groups excluding tert-OH is 1. The number of rotatable bonds is 3. The van der Waals surface area contributed by atoms with Gasteiger partial charge in [-0.15, -0.1) is 11.3 Å². The van der Waals surface area contributed by atoms with Crippen molar-refractivity contribution in [1.82, 2.24) is 0 Å². The lowest BCUT2D eigenvalue weighted by Crippen LogP contribution is -2.04. The average Bonchev–Trinajstić information content (AvgIpc) is 2.33. The van der Waals surface area contributed by atoms with Gasteiger partial charge in [0.25, 0.3) is 0 Å². The molecule has 0 fully saturated rings. The zero-order valence-electron chi connectivity index (χ0n) is 6.65. The van der Waals surface area contributed by atoms with E-state index < -0.39 is 12.1 Å². The molecule has 4 heteroatoms. The first-order valence-corrected chi connectivity index (χ1v) is 4.43. The third kappa shape index (κ3) is 2.06. The summed E-state index contributed by atoms with van der Waals surface area (Å²) in [7, 11) is 0. The maximum Gasteiger partial charge on any atom is 0.306 e. The third-order valence-electron chi connectivity index (χ3n) is 1.57. The van der Waals surface area contributed by atoms with E-state index in [-0.39, 0.29) is 6.42 Å². The van der Waals surface area contributed by atoms with Crippen molar-refractivity contribution >= 4 is 17.3 Å². The standard InChI is InChI=1S/C8H10O3S/c1-5-2-3-12-8(5)6(9)4-7(10)11/h2-3,6,9H,4H2,1H3,(H,10,11)/t6-/m0/s1. The first kappa shape index (κ1) is 9.22. The monoisotopic (exact) mass is 186 g/mol. The summed E-state index contributed by atoms with van der Waals surface area (Å²) in [5, 5.41) is 19.7. The van der Waals surface area contributed by atoms with Gasteiger partial charge < -0.3 is 10.2 Å². The summed E-state index contributed by atoms with van der Waals surface area (Å²) in [6.45, 7) is 1.86. The van der Waals surface area contributed by atoms with E-state index in [9.17, 15) is 9.90 Å². The summed E-state index contributed by atoms with van der Waals surface area (Å²) in [6, 6.07) is 1.87. The van der Waals surface area contributed by atoms with Crippen LogP contribution < -0.4 is 0 Å². The molecule has 0 aromatic carbocycles. The van der Waals surface area contributed by atoms with E-state index in [1.165, 1.54) is 11.3 Å². The average molecular weight is 186 g/mol. The molecule has 0 amide bonds. The van der Waals surface area contributed by atoms with Gasteiger partial charge in [-0.25, -0.2) is 0 Å². The predicted molar refractivity (Wildman–Crippen MR) is 46.3 cm³/mol. The Morgan fingerprint density at radius 3 is 2.83 bits per heavy atom. The van der Waals surface area contributed by atoms with Crippen LogP contribution in [0.2, 0.25) is 0 Å². The van der Waals surface area contributed by atoms with Gasteiger partial charge in [0.05, 0.1) is 12.5 Å². The Kier molecular flexibility index (Phi) is 2.83. The molecule has 3 nitrogen and oxygen atoms in total. The van der Waals surface area contributed by atoms with Crippen LogP contribution in [0.15, 0.2) is 11.4 Å². The zero-order valence-corrected chi connectivity index (χ0v) is 7.47. The Bertz CT molecular complexity index is 280. The van der Waals surface area contributed by atoms with Crippen molar-refractivity contribution in [3.05, 3.63) is 21.9 Å². The molecule has 0 radical (unpaired) electrons. The first-order valence-electron chi connectivity index (χ1n) is 3.55. The number of carbonyl (C=O) groups is 1. The Hall–Kier alpha value is -0.870. The van der Waals surface area contributed by atoms with Crippen LogP contribution in [-0.2, 0) is 4.79 Å². The van der Waals surface area contributed by atoms with Crippen molar-refractivity contribution in [1.29, 1.82) is 0 Å². The van der Waals surface area contributed by atoms with Crippen molar-refractivity contribution in [2.75, 3.05) is 0 Å². The molecule has 0 aliphatic heterocycles. The molecule has 0 unspecified atom stereocenters. The van der Waals surface area contributed by atoms with Gasteiger partial charge in [0.15, 0.2) is 0 Å². The van der Waals surface area contributed by atoms with E-state index in [4.69, 9.17) is 5.11 Å². The maximum atomic E-state index is 10.3. The number of carboxylic acid groups (broad SMARTS) is 1. The normalized spacial score (nSPS) is 12.8. The highest BCUT2D eigenvalue weighted by atomic mass is 32.1. The van der Waals surface area contributed by atoms with Crippen LogP contribution in [0, 0.1) is 6.92 Å². The fraction of sp³-hybridized carbons (Fsp3) is 0.375. The Labute approximate surface area is 74.3 Å². The van der Waals surface area contributed by atoms with Gasteiger partial charge >= 0.3 is 5.97 Å². The quantitative estimate of drug-likeness (QED) is 0.753. The van der Waals surface area contributed by atoms with E-state index in [2.05, 4.69) is 0 Å². The van der Waals surface area contributed by atoms with Crippen molar-refractivity contribution in [2.24, 2.45) is 0 Å². The van der Waals surface area contributed by atoms with Crippen LogP contribution in [0.4, 0.5) is 0 Å². The lowest BCUT2D eigenvalue weighted by molar-refractivity contribution is -0.139. The molecule has 2 N–H and O–H groups in total. The van der Waals surface area contributed by atoms with Crippen LogP contribution in [-0.4, -0.2) is 16.2 Å². The summed E-state index contributed by atoms with van der Waals surface area (Å²) in [6.07, 6.45) is -1.08. The van der Waals surface area contributed by atoms with Gasteiger partial charge in [0, 0.05) is 4.88 Å². The zero-order chi connectivity index (χ0) is 9.14. The molecule has 1 atom stereocenters. The Morgan fingerprint density at radius 2 is 2.42 bits per heavy atom. The van der Waals surface area contributed by atoms with Crippen molar-refractivity contribution in [3.8, 4) is 0 Å². The molecule has 1 heterocycles. The highest BCUT2D eigenvalue weighted by Crippen LogP contribution is 2.25. The minimum atomic E-state index is -0.977. The number of aliphatic hydroxyl groups is 1. The number of aryl methyl sites for hydroxylation is 1. The van der Waals surface area contributed by atoms with E-state index in [1.807, 2.05) is 18.4 Å². The lowest BCUT2D eigenvalue weighted by Gasteiger charge is -2.05. The number of aliphatic carboxylic acids is 1. The second-order valence-corrected chi connectivity index (χ2v) is 3.53. The number of thiophene rings is 1. The SMILES string of the molecule is Cc1ccsc1[C@@H](O)CC(=O)O. The van der Waals surface area contributed by atoms with E-state index in [0.29, 0.717) is 0 Å². The van der Waals surface area contributed by atoms with Crippen LogP contribution in [0.5, 0.6) is 0 Å². The summed E-state index contributed by atoms with van der Waals surface area (Å²) >= 11 is 1.39. The summed E-state index contributed by atoms with van der Waals surface area (Å²) < 4.78 is 0.